The van der Waals surface area contributed by atoms with Crippen LogP contribution in [0, 0.1) is 0 Å². The minimum absolute atomic E-state index is 0.186. The lowest BCUT2D eigenvalue weighted by Crippen LogP contribution is -2.18. The average Bonchev–Trinajstić information content (AvgIpc) is 2.80. The topological polar surface area (TPSA) is 38.1 Å². The van der Waals surface area contributed by atoms with Gasteiger partial charge in [-0.05, 0) is 12.6 Å². The number of aromatic nitrogens is 1. The van der Waals surface area contributed by atoms with E-state index in [-0.39, 0.29) is 5.92 Å². The Morgan fingerprint density at radius 2 is 2.13 bits per heavy atom. The minimum atomic E-state index is 0.186. The smallest absolute Gasteiger partial charge is 0.202 e. The van der Waals surface area contributed by atoms with Crippen LogP contribution in [0.4, 0.5) is 0 Å². The summed E-state index contributed by atoms with van der Waals surface area (Å²) in [6.07, 6.45) is 3.29. The molecule has 3 nitrogen and oxygen atoms in total. The predicted octanol–water partition coefficient (Wildman–Crippen LogP) is 2.03. The van der Waals surface area contributed by atoms with Crippen molar-refractivity contribution < 1.29 is 4.42 Å². The van der Waals surface area contributed by atoms with Crippen molar-refractivity contribution in [1.82, 2.24) is 10.3 Å². The van der Waals surface area contributed by atoms with E-state index in [0.717, 1.165) is 12.4 Å². The lowest BCUT2D eigenvalue weighted by molar-refractivity contribution is 0.462. The van der Waals surface area contributed by atoms with Crippen LogP contribution in [0.2, 0.25) is 0 Å². The maximum absolute atomic E-state index is 5.35. The van der Waals surface area contributed by atoms with Crippen molar-refractivity contribution in [3.05, 3.63) is 54.2 Å². The number of nitrogens with one attached hydrogen (secondary N) is 1. The molecule has 1 aromatic carbocycles. The lowest BCUT2D eigenvalue weighted by atomic mass is 9.99. The van der Waals surface area contributed by atoms with Crippen molar-refractivity contribution in [1.29, 1.82) is 0 Å². The minimum Gasteiger partial charge on any atom is -0.448 e. The molecule has 2 aromatic rings. The van der Waals surface area contributed by atoms with E-state index in [2.05, 4.69) is 22.4 Å². The van der Waals surface area contributed by atoms with Gasteiger partial charge in [-0.1, -0.05) is 30.3 Å². The largest absolute Gasteiger partial charge is 0.448 e. The first-order valence-corrected chi connectivity index (χ1v) is 5.00. The Morgan fingerprint density at radius 1 is 1.33 bits per heavy atom. The first-order valence-electron chi connectivity index (χ1n) is 5.00. The Labute approximate surface area is 89.1 Å². The van der Waals surface area contributed by atoms with Gasteiger partial charge in [0.05, 0.1) is 12.1 Å². The van der Waals surface area contributed by atoms with Crippen LogP contribution in [0.5, 0.6) is 0 Å². The first kappa shape index (κ1) is 9.93. The van der Waals surface area contributed by atoms with Gasteiger partial charge in [-0.2, -0.15) is 0 Å². The van der Waals surface area contributed by atoms with Gasteiger partial charge >= 0.3 is 0 Å². The van der Waals surface area contributed by atoms with Crippen molar-refractivity contribution in [2.75, 3.05) is 13.6 Å². The standard InChI is InChI=1S/C12H14N2O/c1-13-9-11(12-14-7-8-15-12)10-5-3-2-4-6-10/h2-8,11,13H,9H2,1H3. The summed E-state index contributed by atoms with van der Waals surface area (Å²) in [6.45, 7) is 0.824. The van der Waals surface area contributed by atoms with Crippen molar-refractivity contribution in [2.45, 2.75) is 5.92 Å². The molecule has 2 rings (SSSR count). The van der Waals surface area contributed by atoms with E-state index in [1.807, 2.05) is 25.2 Å². The summed E-state index contributed by atoms with van der Waals surface area (Å²) < 4.78 is 5.35. The third kappa shape index (κ3) is 2.25. The maximum atomic E-state index is 5.35. The van der Waals surface area contributed by atoms with Gasteiger partial charge in [-0.15, -0.1) is 0 Å². The number of benzene rings is 1. The Bertz CT molecular complexity index is 383. The van der Waals surface area contributed by atoms with E-state index in [1.165, 1.54) is 5.56 Å². The molecule has 0 saturated heterocycles. The molecule has 1 N–H and O–H groups in total. The first-order chi connectivity index (χ1) is 7.42. The number of oxazole rings is 1. The van der Waals surface area contributed by atoms with Crippen molar-refractivity contribution in [3.63, 3.8) is 0 Å². The molecule has 78 valence electrons. The van der Waals surface area contributed by atoms with Crippen LogP contribution in [-0.4, -0.2) is 18.6 Å². The van der Waals surface area contributed by atoms with Gasteiger partial charge in [0.15, 0.2) is 0 Å². The summed E-state index contributed by atoms with van der Waals surface area (Å²) in [5.74, 6) is 0.946. The highest BCUT2D eigenvalue weighted by Gasteiger charge is 2.16. The average molecular weight is 202 g/mol. The van der Waals surface area contributed by atoms with Gasteiger partial charge < -0.3 is 9.73 Å². The van der Waals surface area contributed by atoms with Crippen LogP contribution in [-0.2, 0) is 0 Å². The zero-order valence-corrected chi connectivity index (χ0v) is 8.68. The summed E-state index contributed by atoms with van der Waals surface area (Å²) in [4.78, 5) is 4.20. The molecule has 3 heteroatoms. The van der Waals surface area contributed by atoms with Gasteiger partial charge in [-0.3, -0.25) is 0 Å². The summed E-state index contributed by atoms with van der Waals surface area (Å²) in [6, 6.07) is 10.2. The number of hydrogen-bond acceptors (Lipinski definition) is 3. The fraction of sp³-hybridized carbons (Fsp3) is 0.250. The molecule has 0 aliphatic heterocycles. The Kier molecular flexibility index (Phi) is 3.15. The molecule has 1 aromatic heterocycles. The molecule has 1 unspecified atom stereocenters. The second-order valence-corrected chi connectivity index (χ2v) is 3.39. The van der Waals surface area contributed by atoms with Crippen molar-refractivity contribution in [3.8, 4) is 0 Å². The van der Waals surface area contributed by atoms with E-state index < -0.39 is 0 Å². The van der Waals surface area contributed by atoms with Crippen LogP contribution in [0.3, 0.4) is 0 Å². The zero-order chi connectivity index (χ0) is 10.5. The van der Waals surface area contributed by atoms with Crippen LogP contribution in [0.25, 0.3) is 0 Å². The number of nitrogens with zero attached hydrogens (tertiary/aromatic N) is 1. The van der Waals surface area contributed by atoms with Gasteiger partial charge in [0.25, 0.3) is 0 Å². The normalized spacial score (nSPS) is 12.6. The summed E-state index contributed by atoms with van der Waals surface area (Å²) in [5.41, 5.74) is 1.22. The third-order valence-electron chi connectivity index (χ3n) is 2.36. The molecule has 1 heterocycles. The zero-order valence-electron chi connectivity index (χ0n) is 8.68. The van der Waals surface area contributed by atoms with Crippen LogP contribution in [0.15, 0.2) is 47.2 Å². The number of rotatable bonds is 4. The molecule has 0 saturated carbocycles. The molecule has 0 aliphatic rings. The maximum Gasteiger partial charge on any atom is 0.202 e. The van der Waals surface area contributed by atoms with Crippen LogP contribution >= 0.6 is 0 Å². The van der Waals surface area contributed by atoms with E-state index in [1.54, 1.807) is 12.5 Å². The third-order valence-corrected chi connectivity index (χ3v) is 2.36. The van der Waals surface area contributed by atoms with Gasteiger partial charge in [-0.25, -0.2) is 4.98 Å². The fourth-order valence-corrected chi connectivity index (χ4v) is 1.64. The monoisotopic (exact) mass is 202 g/mol. The Hall–Kier alpha value is -1.61. The molecule has 0 bridgehead atoms. The molecule has 1 atom stereocenters. The summed E-state index contributed by atoms with van der Waals surface area (Å²) in [5, 5.41) is 3.15. The van der Waals surface area contributed by atoms with E-state index >= 15 is 0 Å². The van der Waals surface area contributed by atoms with Gasteiger partial charge in [0, 0.05) is 6.54 Å². The predicted molar refractivity (Wildman–Crippen MR) is 58.7 cm³/mol. The Balaban J connectivity index is 2.28. The SMILES string of the molecule is CNCC(c1ccccc1)c1ncco1. The van der Waals surface area contributed by atoms with Crippen molar-refractivity contribution in [2.24, 2.45) is 0 Å². The number of likely N-dealkylation sites (N-methyl/N-ethyl adjacent to an activating group) is 1. The Morgan fingerprint density at radius 3 is 2.73 bits per heavy atom. The van der Waals surface area contributed by atoms with Crippen molar-refractivity contribution >= 4 is 0 Å². The number of hydrogen-bond donors (Lipinski definition) is 1. The molecule has 0 aliphatic carbocycles. The van der Waals surface area contributed by atoms with Gasteiger partial charge in [0.1, 0.15) is 6.26 Å². The molecule has 0 fully saturated rings. The molecule has 0 spiro atoms. The van der Waals surface area contributed by atoms with Crippen LogP contribution in [0.1, 0.15) is 17.4 Å². The summed E-state index contributed by atoms with van der Waals surface area (Å²) >= 11 is 0. The highest BCUT2D eigenvalue weighted by molar-refractivity contribution is 5.24. The van der Waals surface area contributed by atoms with E-state index in [4.69, 9.17) is 4.42 Å². The highest BCUT2D eigenvalue weighted by atomic mass is 16.3. The van der Waals surface area contributed by atoms with E-state index in [0.29, 0.717) is 0 Å². The second kappa shape index (κ2) is 4.75. The molecule has 0 radical (unpaired) electrons. The van der Waals surface area contributed by atoms with Gasteiger partial charge in [0.2, 0.25) is 5.89 Å². The van der Waals surface area contributed by atoms with E-state index in [9.17, 15) is 0 Å². The summed E-state index contributed by atoms with van der Waals surface area (Å²) in [7, 11) is 1.93. The lowest BCUT2D eigenvalue weighted by Gasteiger charge is -2.12. The quantitative estimate of drug-likeness (QED) is 0.824. The fourth-order valence-electron chi connectivity index (χ4n) is 1.64. The highest BCUT2D eigenvalue weighted by Crippen LogP contribution is 2.21. The molecular weight excluding hydrogens is 188 g/mol. The second-order valence-electron chi connectivity index (χ2n) is 3.39. The van der Waals surface area contributed by atoms with Crippen LogP contribution < -0.4 is 5.32 Å². The molecule has 0 amide bonds. The molecule has 15 heavy (non-hydrogen) atoms. The molecular formula is C12H14N2O.